The van der Waals surface area contributed by atoms with Crippen molar-refractivity contribution in [1.82, 2.24) is 20.0 Å². The second-order valence-corrected chi connectivity index (χ2v) is 15.6. The van der Waals surface area contributed by atoms with Gasteiger partial charge in [-0.05, 0) is 79.8 Å². The van der Waals surface area contributed by atoms with Crippen LogP contribution in [0.5, 0.6) is 0 Å². The van der Waals surface area contributed by atoms with Gasteiger partial charge in [-0.2, -0.15) is 0 Å². The molecule has 1 saturated carbocycles. The number of halogens is 4. The van der Waals surface area contributed by atoms with Crippen molar-refractivity contribution in [2.45, 2.75) is 82.3 Å². The molecule has 12 heteroatoms. The number of amides is 2. The number of nitrogens with one attached hydrogen (secondary N) is 1. The Morgan fingerprint density at radius 3 is 2.48 bits per heavy atom. The molecule has 46 heavy (non-hydrogen) atoms. The number of fused-ring (bicyclic) bond motifs is 1. The summed E-state index contributed by atoms with van der Waals surface area (Å²) >= 11 is 13.6. The number of nitrogens with zero attached hydrogens (tertiary/aromatic N) is 4. The third kappa shape index (κ3) is 5.24. The Hall–Kier alpha value is -2.66. The number of alkyl halides is 1. The van der Waals surface area contributed by atoms with E-state index in [2.05, 4.69) is 5.32 Å². The third-order valence-corrected chi connectivity index (χ3v) is 11.8. The Kier molecular flexibility index (Phi) is 7.98. The molecule has 7 nitrogen and oxygen atoms in total. The normalized spacial score (nSPS) is 30.0. The summed E-state index contributed by atoms with van der Waals surface area (Å²) in [5, 5.41) is 4.74. The molecule has 1 spiro atoms. The van der Waals surface area contributed by atoms with E-state index in [1.54, 1.807) is 18.2 Å². The molecule has 1 aliphatic carbocycles. The minimum Gasteiger partial charge on any atom is -0.335 e. The fourth-order valence-electron chi connectivity index (χ4n) is 7.46. The average Bonchev–Trinajstić information content (AvgIpc) is 3.34. The largest absolute Gasteiger partial charge is 0.335 e. The Balaban J connectivity index is 1.27. The maximum atomic E-state index is 15.1. The van der Waals surface area contributed by atoms with Gasteiger partial charge in [-0.25, -0.2) is 13.8 Å². The molecule has 7 rings (SSSR count). The molecule has 4 aliphatic heterocycles. The molecule has 0 aromatic heterocycles. The highest BCUT2D eigenvalue weighted by Gasteiger charge is 2.55. The molecule has 1 N–H and O–H groups in total. The van der Waals surface area contributed by atoms with Crippen LogP contribution in [0.3, 0.4) is 0 Å². The zero-order valence-corrected chi connectivity index (χ0v) is 28.5. The lowest BCUT2D eigenvalue weighted by molar-refractivity contribution is -0.144. The smallest absolute Gasteiger partial charge is 0.263 e. The number of aliphatic imine (C=N–C) groups is 1. The van der Waals surface area contributed by atoms with E-state index in [1.807, 2.05) is 49.6 Å². The molecule has 2 aromatic carbocycles. The maximum absolute atomic E-state index is 15.1. The standard InChI is InChI=1S/C34H37Cl2F2N5O2S/c1-18(2)27-28(31(45)41-16-23(37)14-26(41)30(44)42-17-34(11-12-34)39-15-19(42)3)46-32-40-33(4,21-6-8-22(35)9-7-21)29(43(27)32)20-5-10-24(36)25(38)13-20/h5-10,13,18-19,23,26,29,39H,11-12,14-17H2,1-4H3/t19-,23+,26-,29+,33-/m0/s1. The van der Waals surface area contributed by atoms with Crippen molar-refractivity contribution in [1.29, 1.82) is 0 Å². The minimum atomic E-state index is -1.30. The molecule has 2 saturated heterocycles. The second kappa shape index (κ2) is 11.5. The van der Waals surface area contributed by atoms with Crippen LogP contribution in [0.25, 0.3) is 0 Å². The van der Waals surface area contributed by atoms with E-state index in [0.717, 1.165) is 18.4 Å². The van der Waals surface area contributed by atoms with Gasteiger partial charge in [-0.15, -0.1) is 0 Å². The van der Waals surface area contributed by atoms with Crippen LogP contribution in [0.1, 0.15) is 64.1 Å². The Morgan fingerprint density at radius 2 is 1.83 bits per heavy atom. The van der Waals surface area contributed by atoms with Gasteiger partial charge in [0.15, 0.2) is 5.17 Å². The van der Waals surface area contributed by atoms with Crippen LogP contribution in [0, 0.1) is 11.7 Å². The second-order valence-electron chi connectivity index (χ2n) is 13.7. The van der Waals surface area contributed by atoms with E-state index < -0.39 is 29.6 Å². The highest BCUT2D eigenvalue weighted by atomic mass is 35.5. The summed E-state index contributed by atoms with van der Waals surface area (Å²) < 4.78 is 30.1. The Morgan fingerprint density at radius 1 is 1.11 bits per heavy atom. The van der Waals surface area contributed by atoms with Gasteiger partial charge in [0, 0.05) is 41.8 Å². The van der Waals surface area contributed by atoms with Gasteiger partial charge < -0.3 is 20.0 Å². The van der Waals surface area contributed by atoms with Gasteiger partial charge in [-0.3, -0.25) is 9.59 Å². The topological polar surface area (TPSA) is 68.2 Å². The predicted molar refractivity (Wildman–Crippen MR) is 178 cm³/mol. The number of carbonyl (C=O) groups excluding carboxylic acids is 2. The average molecular weight is 689 g/mol. The van der Waals surface area contributed by atoms with E-state index >= 15 is 4.39 Å². The van der Waals surface area contributed by atoms with E-state index in [9.17, 15) is 14.0 Å². The van der Waals surface area contributed by atoms with Crippen LogP contribution in [0.4, 0.5) is 8.78 Å². The number of amidine groups is 1. The molecule has 0 radical (unpaired) electrons. The predicted octanol–water partition coefficient (Wildman–Crippen LogP) is 6.67. The lowest BCUT2D eigenvalue weighted by atomic mass is 9.81. The van der Waals surface area contributed by atoms with Crippen molar-refractivity contribution in [3.05, 3.63) is 80.1 Å². The van der Waals surface area contributed by atoms with Crippen LogP contribution in [-0.4, -0.2) is 75.1 Å². The molecule has 2 aromatic rings. The Bertz CT molecular complexity index is 1660. The number of allylic oxidation sites excluding steroid dienone is 1. The van der Waals surface area contributed by atoms with Crippen molar-refractivity contribution in [3.63, 3.8) is 0 Å². The first-order valence-electron chi connectivity index (χ1n) is 15.8. The van der Waals surface area contributed by atoms with Gasteiger partial charge >= 0.3 is 0 Å². The summed E-state index contributed by atoms with van der Waals surface area (Å²) in [7, 11) is 0. The van der Waals surface area contributed by atoms with Crippen molar-refractivity contribution in [2.75, 3.05) is 19.6 Å². The highest BCUT2D eigenvalue weighted by Crippen LogP contribution is 2.56. The fourth-order valence-corrected chi connectivity index (χ4v) is 9.07. The van der Waals surface area contributed by atoms with Crippen LogP contribution in [0.15, 0.2) is 58.1 Å². The molecule has 244 valence electrons. The van der Waals surface area contributed by atoms with E-state index in [1.165, 1.54) is 28.8 Å². The molecule has 0 bridgehead atoms. The van der Waals surface area contributed by atoms with Crippen LogP contribution in [-0.2, 0) is 15.1 Å². The molecule has 3 fully saturated rings. The van der Waals surface area contributed by atoms with Gasteiger partial charge in [0.2, 0.25) is 5.91 Å². The van der Waals surface area contributed by atoms with Crippen LogP contribution < -0.4 is 5.32 Å². The number of piperazine rings is 1. The summed E-state index contributed by atoms with van der Waals surface area (Å²) in [6, 6.07) is 10.7. The SMILES string of the molecule is CC(C)C1=C(C(=O)N2C[C@H](F)C[C@H]2C(=O)N2CC3(CC3)NC[C@@H]2C)SC2=N[C@@](C)(c3ccc(Cl)cc3)[C@@H](c3ccc(Cl)c(F)c3)N21. The zero-order valence-electron chi connectivity index (χ0n) is 26.2. The summed E-state index contributed by atoms with van der Waals surface area (Å²) in [5.41, 5.74) is 1.32. The first-order valence-corrected chi connectivity index (χ1v) is 17.4. The van der Waals surface area contributed by atoms with Gasteiger partial charge in [0.1, 0.15) is 28.5 Å². The first kappa shape index (κ1) is 31.9. The maximum Gasteiger partial charge on any atom is 0.263 e. The summed E-state index contributed by atoms with van der Waals surface area (Å²) in [5.74, 6) is -1.26. The van der Waals surface area contributed by atoms with Crippen LogP contribution >= 0.6 is 35.0 Å². The molecule has 2 amide bonds. The van der Waals surface area contributed by atoms with E-state index in [0.29, 0.717) is 39.4 Å². The number of benzene rings is 2. The number of likely N-dealkylation sites (tertiary alicyclic amines) is 1. The van der Waals surface area contributed by atoms with Crippen molar-refractivity contribution >= 4 is 51.9 Å². The lowest BCUT2D eigenvalue weighted by Crippen LogP contribution is -2.61. The lowest BCUT2D eigenvalue weighted by Gasteiger charge is -2.41. The fraction of sp³-hybridized carbons (Fsp3) is 0.500. The molecule has 0 unspecified atom stereocenters. The summed E-state index contributed by atoms with van der Waals surface area (Å²) in [6.07, 6.45) is 0.704. The highest BCUT2D eigenvalue weighted by molar-refractivity contribution is 8.18. The summed E-state index contributed by atoms with van der Waals surface area (Å²) in [4.78, 5) is 39.4. The number of carbonyl (C=O) groups is 2. The molecule has 4 heterocycles. The molecular weight excluding hydrogens is 651 g/mol. The molecule has 5 atom stereocenters. The quantitative estimate of drug-likeness (QED) is 0.381. The number of rotatable bonds is 5. The number of thioether (sulfide) groups is 1. The van der Waals surface area contributed by atoms with Crippen molar-refractivity contribution < 1.29 is 18.4 Å². The van der Waals surface area contributed by atoms with Gasteiger partial charge in [0.25, 0.3) is 5.91 Å². The van der Waals surface area contributed by atoms with Gasteiger partial charge in [0.05, 0.1) is 17.6 Å². The zero-order chi connectivity index (χ0) is 32.7. The minimum absolute atomic E-state index is 0.0132. The van der Waals surface area contributed by atoms with Crippen molar-refractivity contribution in [3.8, 4) is 0 Å². The first-order chi connectivity index (χ1) is 21.8. The van der Waals surface area contributed by atoms with Crippen molar-refractivity contribution in [2.24, 2.45) is 10.9 Å². The molecular formula is C34H37Cl2F2N5O2S. The van der Waals surface area contributed by atoms with Crippen LogP contribution in [0.2, 0.25) is 10.0 Å². The number of hydrogen-bond donors (Lipinski definition) is 1. The van der Waals surface area contributed by atoms with Gasteiger partial charge in [-0.1, -0.05) is 55.2 Å². The van der Waals surface area contributed by atoms with E-state index in [4.69, 9.17) is 28.2 Å². The monoisotopic (exact) mass is 687 g/mol. The molecule has 5 aliphatic rings. The Labute approximate surface area is 282 Å². The van der Waals surface area contributed by atoms with E-state index in [-0.39, 0.29) is 47.3 Å². The summed E-state index contributed by atoms with van der Waals surface area (Å²) in [6.45, 7) is 9.07. The third-order valence-electron chi connectivity index (χ3n) is 10.1. The number of hydrogen-bond acceptors (Lipinski definition) is 6.